The van der Waals surface area contributed by atoms with Crippen LogP contribution in [0.1, 0.15) is 20.8 Å². The third-order valence-corrected chi connectivity index (χ3v) is 8.25. The van der Waals surface area contributed by atoms with Crippen LogP contribution in [0.4, 0.5) is 0 Å². The van der Waals surface area contributed by atoms with Gasteiger partial charge in [-0.2, -0.15) is 0 Å². The van der Waals surface area contributed by atoms with E-state index in [9.17, 15) is 4.79 Å². The van der Waals surface area contributed by atoms with Crippen LogP contribution in [-0.4, -0.2) is 14.3 Å². The van der Waals surface area contributed by atoms with Crippen molar-refractivity contribution in [3.63, 3.8) is 0 Å². The molecule has 120 valence electrons. The first-order chi connectivity index (χ1) is 11.0. The molecule has 0 N–H and O–H groups in total. The average Bonchev–Trinajstić information content (AvgIpc) is 2.55. The Balaban J connectivity index is 2.63. The van der Waals surface area contributed by atoms with Crippen molar-refractivity contribution < 1.29 is 9.22 Å². The zero-order valence-electron chi connectivity index (χ0n) is 14.1. The Kier molecular flexibility index (Phi) is 5.56. The lowest BCUT2D eigenvalue weighted by atomic mass is 10.3. The van der Waals surface area contributed by atoms with Crippen LogP contribution in [0, 0.1) is 5.92 Å². The van der Waals surface area contributed by atoms with Gasteiger partial charge in [0.2, 0.25) is 0 Å². The summed E-state index contributed by atoms with van der Waals surface area (Å²) in [5.41, 5.74) is 0.442. The maximum Gasteiger partial charge on any atom is 0.320 e. The number of benzene rings is 2. The first-order valence-corrected chi connectivity index (χ1v) is 10.1. The van der Waals surface area contributed by atoms with Gasteiger partial charge >= 0.3 is 14.3 Å². The van der Waals surface area contributed by atoms with Gasteiger partial charge in [-0.05, 0) is 29.3 Å². The third-order valence-electron chi connectivity index (χ3n) is 3.79. The minimum Gasteiger partial charge on any atom is -0.507 e. The standard InChI is InChI=1S/C20H24O2Si/c1-16(2)15-23(22-20(21)17(3)4,18-11-7-5-8-12-18)19-13-9-6-10-14-19/h5-14,16H,3,15H2,1-2,4H3. The van der Waals surface area contributed by atoms with Crippen molar-refractivity contribution in [2.45, 2.75) is 26.8 Å². The molecule has 0 saturated carbocycles. The molecule has 0 aliphatic carbocycles. The summed E-state index contributed by atoms with van der Waals surface area (Å²) >= 11 is 0. The Hall–Kier alpha value is -2.13. The molecule has 0 bridgehead atoms. The van der Waals surface area contributed by atoms with Gasteiger partial charge < -0.3 is 4.43 Å². The number of rotatable bonds is 6. The molecule has 0 saturated heterocycles. The van der Waals surface area contributed by atoms with Crippen LogP contribution in [-0.2, 0) is 9.22 Å². The van der Waals surface area contributed by atoms with Gasteiger partial charge in [0, 0.05) is 5.57 Å². The molecular formula is C20H24O2Si. The summed E-state index contributed by atoms with van der Waals surface area (Å²) in [6, 6.07) is 21.2. The van der Waals surface area contributed by atoms with E-state index in [1.165, 1.54) is 0 Å². The quantitative estimate of drug-likeness (QED) is 0.600. The van der Waals surface area contributed by atoms with Crippen molar-refractivity contribution in [3.05, 3.63) is 72.8 Å². The fraction of sp³-hybridized carbons (Fsp3) is 0.250. The zero-order valence-corrected chi connectivity index (χ0v) is 15.1. The first kappa shape index (κ1) is 17.2. The van der Waals surface area contributed by atoms with E-state index < -0.39 is 8.32 Å². The highest BCUT2D eigenvalue weighted by molar-refractivity contribution is 6.98. The number of hydrogen-bond acceptors (Lipinski definition) is 2. The summed E-state index contributed by atoms with van der Waals surface area (Å²) < 4.78 is 6.18. The topological polar surface area (TPSA) is 26.3 Å². The summed E-state index contributed by atoms with van der Waals surface area (Å²) in [6.07, 6.45) is 0. The molecule has 2 aromatic carbocycles. The van der Waals surface area contributed by atoms with Crippen molar-refractivity contribution in [1.29, 1.82) is 0 Å². The summed E-state index contributed by atoms with van der Waals surface area (Å²) in [5, 5.41) is 2.24. The second-order valence-corrected chi connectivity index (χ2v) is 9.75. The number of carbonyl (C=O) groups excluding carboxylic acids is 1. The molecule has 0 heterocycles. The first-order valence-electron chi connectivity index (χ1n) is 7.95. The van der Waals surface area contributed by atoms with Crippen LogP contribution >= 0.6 is 0 Å². The molecule has 23 heavy (non-hydrogen) atoms. The molecule has 0 atom stereocenters. The van der Waals surface area contributed by atoms with Gasteiger partial charge in [0.05, 0.1) is 0 Å². The van der Waals surface area contributed by atoms with Gasteiger partial charge in [0.25, 0.3) is 0 Å². The van der Waals surface area contributed by atoms with Crippen molar-refractivity contribution >= 4 is 24.7 Å². The van der Waals surface area contributed by atoms with Crippen molar-refractivity contribution in [2.75, 3.05) is 0 Å². The molecule has 0 radical (unpaired) electrons. The lowest BCUT2D eigenvalue weighted by Gasteiger charge is -2.33. The van der Waals surface area contributed by atoms with Crippen LogP contribution in [0.15, 0.2) is 72.8 Å². The lowest BCUT2D eigenvalue weighted by molar-refractivity contribution is -0.130. The molecule has 2 nitrogen and oxygen atoms in total. The molecule has 0 aliphatic heterocycles. The molecule has 2 aromatic rings. The second-order valence-electron chi connectivity index (χ2n) is 6.33. The highest BCUT2D eigenvalue weighted by Crippen LogP contribution is 2.20. The van der Waals surface area contributed by atoms with Crippen LogP contribution in [0.3, 0.4) is 0 Å². The van der Waals surface area contributed by atoms with Crippen molar-refractivity contribution in [3.8, 4) is 0 Å². The van der Waals surface area contributed by atoms with E-state index >= 15 is 0 Å². The second kappa shape index (κ2) is 7.42. The Morgan fingerprint density at radius 2 is 1.43 bits per heavy atom. The molecule has 0 spiro atoms. The van der Waals surface area contributed by atoms with E-state index in [2.05, 4.69) is 44.7 Å². The normalized spacial score (nSPS) is 11.3. The Labute approximate surface area is 139 Å². The molecule has 2 rings (SSSR count). The van der Waals surface area contributed by atoms with Crippen molar-refractivity contribution in [2.24, 2.45) is 5.92 Å². The molecule has 3 heteroatoms. The van der Waals surface area contributed by atoms with Gasteiger partial charge in [-0.15, -0.1) is 0 Å². The van der Waals surface area contributed by atoms with Gasteiger partial charge in [-0.25, -0.2) is 4.79 Å². The van der Waals surface area contributed by atoms with Gasteiger partial charge in [-0.3, -0.25) is 0 Å². The smallest absolute Gasteiger partial charge is 0.320 e. The van der Waals surface area contributed by atoms with Gasteiger partial charge in [0.15, 0.2) is 0 Å². The van der Waals surface area contributed by atoms with Gasteiger partial charge in [-0.1, -0.05) is 81.1 Å². The van der Waals surface area contributed by atoms with Crippen LogP contribution in [0.2, 0.25) is 6.04 Å². The summed E-state index contributed by atoms with van der Waals surface area (Å²) in [5.74, 6) is 0.116. The summed E-state index contributed by atoms with van der Waals surface area (Å²) in [7, 11) is -2.65. The molecule has 0 fully saturated rings. The fourth-order valence-electron chi connectivity index (χ4n) is 2.80. The molecule has 0 aromatic heterocycles. The predicted molar refractivity (Wildman–Crippen MR) is 98.5 cm³/mol. The Morgan fingerprint density at radius 3 is 1.78 bits per heavy atom. The highest BCUT2D eigenvalue weighted by Gasteiger charge is 2.43. The fourth-order valence-corrected chi connectivity index (χ4v) is 7.02. The van der Waals surface area contributed by atoms with E-state index in [4.69, 9.17) is 4.43 Å². The van der Waals surface area contributed by atoms with E-state index in [1.807, 2.05) is 36.4 Å². The largest absolute Gasteiger partial charge is 0.507 e. The number of hydrogen-bond donors (Lipinski definition) is 0. The third kappa shape index (κ3) is 3.99. The SMILES string of the molecule is C=C(C)C(=O)O[Si](CC(C)C)(c1ccccc1)c1ccccc1. The average molecular weight is 324 g/mol. The molecular weight excluding hydrogens is 300 g/mol. The predicted octanol–water partition coefficient (Wildman–Crippen LogP) is 3.52. The molecule has 0 aliphatic rings. The highest BCUT2D eigenvalue weighted by atomic mass is 28.4. The molecule has 0 amide bonds. The van der Waals surface area contributed by atoms with E-state index in [1.54, 1.807) is 6.92 Å². The van der Waals surface area contributed by atoms with Crippen molar-refractivity contribution in [1.82, 2.24) is 0 Å². The van der Waals surface area contributed by atoms with Gasteiger partial charge in [0.1, 0.15) is 0 Å². The summed E-state index contributed by atoms with van der Waals surface area (Å²) in [6.45, 7) is 9.79. The monoisotopic (exact) mass is 324 g/mol. The minimum absolute atomic E-state index is 0.301. The molecule has 0 unspecified atom stereocenters. The lowest BCUT2D eigenvalue weighted by Crippen LogP contribution is -2.62. The minimum atomic E-state index is -2.65. The van der Waals surface area contributed by atoms with Crippen LogP contribution in [0.5, 0.6) is 0 Å². The van der Waals surface area contributed by atoms with E-state index in [0.717, 1.165) is 16.4 Å². The Bertz CT molecular complexity index is 623. The van der Waals surface area contributed by atoms with E-state index in [0.29, 0.717) is 11.5 Å². The zero-order chi connectivity index (χ0) is 16.9. The van der Waals surface area contributed by atoms with Crippen LogP contribution in [0.25, 0.3) is 0 Å². The Morgan fingerprint density at radius 1 is 1.00 bits per heavy atom. The maximum atomic E-state index is 12.4. The maximum absolute atomic E-state index is 12.4. The van der Waals surface area contributed by atoms with Crippen LogP contribution < -0.4 is 10.4 Å². The number of carbonyl (C=O) groups is 1. The summed E-state index contributed by atoms with van der Waals surface area (Å²) in [4.78, 5) is 12.4. The van der Waals surface area contributed by atoms with E-state index in [-0.39, 0.29) is 5.97 Å².